The van der Waals surface area contributed by atoms with Gasteiger partial charge in [-0.15, -0.1) is 0 Å². The van der Waals surface area contributed by atoms with Crippen molar-refractivity contribution in [3.05, 3.63) is 51.7 Å². The van der Waals surface area contributed by atoms with Crippen LogP contribution in [0.25, 0.3) is 22.2 Å². The van der Waals surface area contributed by atoms with Gasteiger partial charge in [0, 0.05) is 24.2 Å². The highest BCUT2D eigenvalue weighted by atomic mass is 16.5. The molecule has 144 valence electrons. The molecular formula is C21H22N4O3. The molecule has 0 aliphatic carbocycles. The average Bonchev–Trinajstić information content (AvgIpc) is 3.23. The highest BCUT2D eigenvalue weighted by Gasteiger charge is 2.24. The molecule has 7 nitrogen and oxygen atoms in total. The zero-order valence-corrected chi connectivity index (χ0v) is 16.2. The molecule has 0 unspecified atom stereocenters. The summed E-state index contributed by atoms with van der Waals surface area (Å²) in [4.78, 5) is 38.9. The lowest BCUT2D eigenvalue weighted by molar-refractivity contribution is 0.0787. The lowest BCUT2D eigenvalue weighted by atomic mass is 9.97. The largest absolute Gasteiger partial charge is 0.496 e. The molecule has 4 rings (SSSR count). The van der Waals surface area contributed by atoms with Gasteiger partial charge in [0.25, 0.3) is 11.5 Å². The number of rotatable bonds is 3. The van der Waals surface area contributed by atoms with E-state index in [1.807, 2.05) is 26.0 Å². The number of carbonyl (C=O) groups excluding carboxylic acids is 1. The maximum absolute atomic E-state index is 13.0. The van der Waals surface area contributed by atoms with E-state index in [1.54, 1.807) is 18.1 Å². The number of hydrogen-bond acceptors (Lipinski definition) is 5. The van der Waals surface area contributed by atoms with Gasteiger partial charge in [-0.1, -0.05) is 6.07 Å². The number of benzene rings is 1. The first-order valence-electron chi connectivity index (χ1n) is 9.33. The van der Waals surface area contributed by atoms with Crippen LogP contribution >= 0.6 is 0 Å². The van der Waals surface area contributed by atoms with E-state index >= 15 is 0 Å². The third-order valence-electron chi connectivity index (χ3n) is 5.32. The normalized spacial score (nSPS) is 13.9. The molecule has 1 aliphatic rings. The predicted octanol–water partition coefficient (Wildman–Crippen LogP) is 2.85. The number of aromatic nitrogens is 3. The van der Waals surface area contributed by atoms with E-state index in [9.17, 15) is 9.59 Å². The minimum absolute atomic E-state index is 0.151. The third kappa shape index (κ3) is 2.93. The Kier molecular flexibility index (Phi) is 4.58. The number of amides is 1. The first kappa shape index (κ1) is 18.2. The molecule has 0 radical (unpaired) electrons. The van der Waals surface area contributed by atoms with Gasteiger partial charge in [-0.2, -0.15) is 0 Å². The van der Waals surface area contributed by atoms with Crippen LogP contribution in [0.5, 0.6) is 5.75 Å². The number of nitrogens with one attached hydrogen (secondary N) is 1. The van der Waals surface area contributed by atoms with Crippen molar-refractivity contribution in [3.63, 3.8) is 0 Å². The van der Waals surface area contributed by atoms with E-state index in [2.05, 4.69) is 9.97 Å². The molecule has 0 spiro atoms. The number of aryl methyl sites for hydroxylation is 1. The highest BCUT2D eigenvalue weighted by Crippen LogP contribution is 2.35. The Labute approximate surface area is 162 Å². The van der Waals surface area contributed by atoms with Crippen molar-refractivity contribution in [2.24, 2.45) is 0 Å². The number of ether oxygens (including phenoxy) is 1. The quantitative estimate of drug-likeness (QED) is 0.757. The van der Waals surface area contributed by atoms with E-state index in [-0.39, 0.29) is 17.2 Å². The van der Waals surface area contributed by atoms with Gasteiger partial charge in [-0.3, -0.25) is 9.59 Å². The van der Waals surface area contributed by atoms with Gasteiger partial charge in [0.2, 0.25) is 0 Å². The van der Waals surface area contributed by atoms with Gasteiger partial charge in [0.15, 0.2) is 0 Å². The number of hydrogen-bond donors (Lipinski definition) is 1. The summed E-state index contributed by atoms with van der Waals surface area (Å²) in [5, 5.41) is 0.358. The summed E-state index contributed by atoms with van der Waals surface area (Å²) in [6.45, 7) is 5.34. The summed E-state index contributed by atoms with van der Waals surface area (Å²) in [6, 6.07) is 5.39. The number of H-pyrrole nitrogens is 1. The first-order valence-corrected chi connectivity index (χ1v) is 9.33. The zero-order valence-electron chi connectivity index (χ0n) is 16.2. The molecule has 0 bridgehead atoms. The van der Waals surface area contributed by atoms with Crippen LogP contribution in [0.15, 0.2) is 29.3 Å². The molecule has 7 heteroatoms. The molecule has 0 atom stereocenters. The number of pyridine rings is 1. The lowest BCUT2D eigenvalue weighted by Crippen LogP contribution is -2.28. The van der Waals surface area contributed by atoms with Crippen molar-refractivity contribution >= 4 is 16.8 Å². The van der Waals surface area contributed by atoms with Crippen LogP contribution < -0.4 is 10.3 Å². The molecule has 2 aromatic heterocycles. The topological polar surface area (TPSA) is 88.2 Å². The minimum Gasteiger partial charge on any atom is -0.496 e. The van der Waals surface area contributed by atoms with Crippen LogP contribution in [-0.2, 0) is 0 Å². The molecule has 1 fully saturated rings. The van der Waals surface area contributed by atoms with Crippen LogP contribution in [0.1, 0.15) is 34.5 Å². The Hall–Kier alpha value is -3.22. The van der Waals surface area contributed by atoms with Crippen molar-refractivity contribution in [1.82, 2.24) is 19.9 Å². The van der Waals surface area contributed by atoms with Gasteiger partial charge in [-0.25, -0.2) is 9.97 Å². The average molecular weight is 378 g/mol. The molecular weight excluding hydrogens is 356 g/mol. The van der Waals surface area contributed by atoms with Crippen LogP contribution in [-0.4, -0.2) is 46.0 Å². The second kappa shape index (κ2) is 7.07. The van der Waals surface area contributed by atoms with Gasteiger partial charge in [0.1, 0.15) is 17.0 Å². The van der Waals surface area contributed by atoms with E-state index in [1.165, 1.54) is 6.33 Å². The number of nitrogens with zero attached hydrogens (tertiary/aromatic N) is 3. The fourth-order valence-corrected chi connectivity index (χ4v) is 3.85. The predicted molar refractivity (Wildman–Crippen MR) is 107 cm³/mol. The molecule has 1 N–H and O–H groups in total. The second-order valence-electron chi connectivity index (χ2n) is 7.07. The molecule has 28 heavy (non-hydrogen) atoms. The number of likely N-dealkylation sites (tertiary alicyclic amines) is 1. The number of aromatic amines is 1. The Morgan fingerprint density at radius 2 is 1.96 bits per heavy atom. The van der Waals surface area contributed by atoms with E-state index in [0.717, 1.165) is 35.3 Å². The third-order valence-corrected chi connectivity index (χ3v) is 5.32. The van der Waals surface area contributed by atoms with E-state index in [4.69, 9.17) is 9.72 Å². The van der Waals surface area contributed by atoms with Crippen molar-refractivity contribution in [3.8, 4) is 17.0 Å². The van der Waals surface area contributed by atoms with Crippen LogP contribution in [0.3, 0.4) is 0 Å². The monoisotopic (exact) mass is 378 g/mol. The zero-order chi connectivity index (χ0) is 19.8. The molecule has 1 saturated heterocycles. The van der Waals surface area contributed by atoms with Gasteiger partial charge in [0.05, 0.1) is 24.5 Å². The molecule has 3 heterocycles. The second-order valence-corrected chi connectivity index (χ2v) is 7.07. The maximum Gasteiger partial charge on any atom is 0.272 e. The molecule has 1 aliphatic heterocycles. The Morgan fingerprint density at radius 1 is 1.21 bits per heavy atom. The van der Waals surface area contributed by atoms with Gasteiger partial charge < -0.3 is 14.6 Å². The fourth-order valence-electron chi connectivity index (χ4n) is 3.85. The molecule has 3 aromatic rings. The van der Waals surface area contributed by atoms with E-state index < -0.39 is 0 Å². The molecule has 1 aromatic carbocycles. The maximum atomic E-state index is 13.0. The van der Waals surface area contributed by atoms with Gasteiger partial charge >= 0.3 is 0 Å². The number of methoxy groups -OCH3 is 1. The summed E-state index contributed by atoms with van der Waals surface area (Å²) in [5.41, 5.74) is 3.68. The van der Waals surface area contributed by atoms with Crippen LogP contribution in [0.2, 0.25) is 0 Å². The smallest absolute Gasteiger partial charge is 0.272 e. The highest BCUT2D eigenvalue weighted by molar-refractivity contribution is 6.00. The summed E-state index contributed by atoms with van der Waals surface area (Å²) in [6.07, 6.45) is 3.34. The standard InChI is InChI=1S/C21H22N4O3/c1-12-6-7-16(28-3)13(2)17(12)19-18-14(20(26)23-11-22-18)10-15(24-19)21(27)25-8-4-5-9-25/h6-7,10-11H,4-5,8-9H2,1-3H3,(H,22,23,26). The van der Waals surface area contributed by atoms with E-state index in [0.29, 0.717) is 29.7 Å². The van der Waals surface area contributed by atoms with Crippen molar-refractivity contribution < 1.29 is 9.53 Å². The summed E-state index contributed by atoms with van der Waals surface area (Å²) >= 11 is 0. The Bertz CT molecular complexity index is 1130. The summed E-state index contributed by atoms with van der Waals surface area (Å²) in [7, 11) is 1.61. The Balaban J connectivity index is 2.02. The molecule has 1 amide bonds. The van der Waals surface area contributed by atoms with Crippen LogP contribution in [0.4, 0.5) is 0 Å². The van der Waals surface area contributed by atoms with Crippen molar-refractivity contribution in [2.75, 3.05) is 20.2 Å². The fraction of sp³-hybridized carbons (Fsp3) is 0.333. The van der Waals surface area contributed by atoms with Gasteiger partial charge in [-0.05, 0) is 44.4 Å². The number of carbonyl (C=O) groups is 1. The first-order chi connectivity index (χ1) is 13.5. The Morgan fingerprint density at radius 3 is 2.68 bits per heavy atom. The number of fused-ring (bicyclic) bond motifs is 1. The lowest BCUT2D eigenvalue weighted by Gasteiger charge is -2.18. The molecule has 0 saturated carbocycles. The summed E-state index contributed by atoms with van der Waals surface area (Å²) in [5.74, 6) is 0.568. The van der Waals surface area contributed by atoms with Crippen molar-refractivity contribution in [2.45, 2.75) is 26.7 Å². The van der Waals surface area contributed by atoms with Crippen LogP contribution in [0, 0.1) is 13.8 Å². The van der Waals surface area contributed by atoms with Crippen molar-refractivity contribution in [1.29, 1.82) is 0 Å². The SMILES string of the molecule is COc1ccc(C)c(-c2nc(C(=O)N3CCCC3)cc3c(=O)[nH]cnc23)c1C. The summed E-state index contributed by atoms with van der Waals surface area (Å²) < 4.78 is 5.47. The minimum atomic E-state index is -0.290.